The average Bonchev–Trinajstić information content (AvgIpc) is 2.36. The molecule has 0 rings (SSSR count). The first kappa shape index (κ1) is 20.8. The van der Waals surface area contributed by atoms with E-state index in [1.165, 1.54) is 6.20 Å². The van der Waals surface area contributed by atoms with Gasteiger partial charge in [-0.3, -0.25) is 0 Å². The Hall–Kier alpha value is -1.19. The number of rotatable bonds is 7. The monoisotopic (exact) mass is 364 g/mol. The summed E-state index contributed by atoms with van der Waals surface area (Å²) in [7, 11) is 6.97. The highest BCUT2D eigenvalue weighted by molar-refractivity contribution is 8.50. The van der Waals surface area contributed by atoms with Gasteiger partial charge < -0.3 is 19.6 Å². The van der Waals surface area contributed by atoms with Crippen LogP contribution in [-0.2, 0) is 14.3 Å². The number of ether oxygens (including phenoxy) is 1. The zero-order chi connectivity index (χ0) is 17.3. The third-order valence-corrected chi connectivity index (χ3v) is 4.15. The Bertz CT molecular complexity index is 488. The fraction of sp³-hybridized carbons (Fsp3) is 0.462. The van der Waals surface area contributed by atoms with E-state index in [0.29, 0.717) is 8.43 Å². The molecule has 9 heteroatoms. The third-order valence-electron chi connectivity index (χ3n) is 1.82. The summed E-state index contributed by atoms with van der Waals surface area (Å²) in [6.45, 7) is 1.97. The van der Waals surface area contributed by atoms with Gasteiger partial charge in [-0.1, -0.05) is 35.7 Å². The van der Waals surface area contributed by atoms with Gasteiger partial charge in [0.05, 0.1) is 6.61 Å². The van der Waals surface area contributed by atoms with Crippen LogP contribution in [0.3, 0.4) is 0 Å². The molecule has 124 valence electrons. The smallest absolute Gasteiger partial charge is 0.346 e. The van der Waals surface area contributed by atoms with Crippen LogP contribution in [0.25, 0.3) is 0 Å². The molecule has 0 amide bonds. The summed E-state index contributed by atoms with van der Waals surface area (Å²) in [5.74, 6) is -1.56. The topological polar surface area (TPSA) is 70.1 Å². The van der Waals surface area contributed by atoms with E-state index in [1.807, 2.05) is 0 Å². The van der Waals surface area contributed by atoms with Crippen LogP contribution < -0.4 is 0 Å². The van der Waals surface area contributed by atoms with Gasteiger partial charge in [-0.15, -0.1) is 0 Å². The molecule has 0 aliphatic carbocycles. The Labute approximate surface area is 144 Å². The van der Waals surface area contributed by atoms with E-state index in [9.17, 15) is 9.59 Å². The minimum atomic E-state index is -1.07. The number of carboxylic acids is 1. The lowest BCUT2D eigenvalue weighted by Crippen LogP contribution is -2.12. The van der Waals surface area contributed by atoms with Crippen LogP contribution in [0.15, 0.2) is 22.2 Å². The van der Waals surface area contributed by atoms with E-state index in [4.69, 9.17) is 22.1 Å². The first-order valence-electron chi connectivity index (χ1n) is 6.23. The van der Waals surface area contributed by atoms with Crippen molar-refractivity contribution >= 4 is 51.2 Å². The van der Waals surface area contributed by atoms with Crippen LogP contribution in [0.4, 0.5) is 0 Å². The number of carboxylic acid groups (broad SMARTS) is 1. The number of aliphatic carboxylic acids is 1. The predicted molar refractivity (Wildman–Crippen MR) is 95.6 cm³/mol. The van der Waals surface area contributed by atoms with Crippen LogP contribution in [0, 0.1) is 0 Å². The van der Waals surface area contributed by atoms with Crippen molar-refractivity contribution in [3.05, 3.63) is 22.2 Å². The molecule has 0 aliphatic heterocycles. The summed E-state index contributed by atoms with van der Waals surface area (Å²) in [5.41, 5.74) is 0. The number of carbonyl (C=O) groups is 2. The van der Waals surface area contributed by atoms with Crippen molar-refractivity contribution in [3.8, 4) is 0 Å². The summed E-state index contributed by atoms with van der Waals surface area (Å²) in [5, 5.41) is 9.14. The maximum absolute atomic E-state index is 11.9. The van der Waals surface area contributed by atoms with Gasteiger partial charge in [0.1, 0.15) is 13.3 Å². The second kappa shape index (κ2) is 10.5. The zero-order valence-electron chi connectivity index (χ0n) is 13.2. The van der Waals surface area contributed by atoms with E-state index < -0.39 is 11.9 Å². The normalized spacial score (nSPS) is 11.9. The Morgan fingerprint density at radius 1 is 1.09 bits per heavy atom. The lowest BCUT2D eigenvalue weighted by Gasteiger charge is -2.12. The van der Waals surface area contributed by atoms with E-state index in [2.05, 4.69) is 0 Å². The molecular formula is C13H20N2O4S3. The average molecular weight is 365 g/mol. The predicted octanol–water partition coefficient (Wildman–Crippen LogP) is 2.19. The van der Waals surface area contributed by atoms with Gasteiger partial charge in [0.2, 0.25) is 0 Å². The minimum Gasteiger partial charge on any atom is -0.477 e. The van der Waals surface area contributed by atoms with Crippen molar-refractivity contribution in [2.24, 2.45) is 0 Å². The van der Waals surface area contributed by atoms with Crippen LogP contribution in [0.1, 0.15) is 6.92 Å². The van der Waals surface area contributed by atoms with Crippen LogP contribution >= 0.6 is 35.7 Å². The van der Waals surface area contributed by atoms with Crippen molar-refractivity contribution in [3.63, 3.8) is 0 Å². The number of carbonyl (C=O) groups excluding carboxylic acids is 1. The largest absolute Gasteiger partial charge is 0.477 e. The highest BCUT2D eigenvalue weighted by atomic mass is 32.2. The molecule has 6 nitrogen and oxygen atoms in total. The Balaban J connectivity index is 5.04. The molecule has 0 aromatic heterocycles. The molecule has 0 aromatic rings. The molecule has 0 saturated heterocycles. The number of thiocarbonyl (C=S) groups is 1. The van der Waals surface area contributed by atoms with Gasteiger partial charge in [0, 0.05) is 40.6 Å². The summed E-state index contributed by atoms with van der Waals surface area (Å²) >= 11 is 7.10. The Morgan fingerprint density at radius 2 is 1.55 bits per heavy atom. The molecule has 0 aliphatic rings. The molecule has 0 fully saturated rings. The first-order valence-corrected chi connectivity index (χ1v) is 8.28. The summed E-state index contributed by atoms with van der Waals surface area (Å²) in [6.07, 6.45) is 3.05. The minimum absolute atomic E-state index is 0.0792. The van der Waals surface area contributed by atoms with Gasteiger partial charge in [0.25, 0.3) is 0 Å². The van der Waals surface area contributed by atoms with Gasteiger partial charge in [0.15, 0.2) is 0 Å². The summed E-state index contributed by atoms with van der Waals surface area (Å²) in [4.78, 5) is 26.7. The molecule has 0 unspecified atom stereocenters. The number of esters is 1. The molecule has 22 heavy (non-hydrogen) atoms. The number of nitrogens with zero attached hydrogens (tertiary/aromatic N) is 2. The van der Waals surface area contributed by atoms with Gasteiger partial charge in [-0.2, -0.15) is 0 Å². The molecule has 0 atom stereocenters. The van der Waals surface area contributed by atoms with E-state index in [-0.39, 0.29) is 11.5 Å². The number of thioether (sulfide) groups is 2. The van der Waals surface area contributed by atoms with Crippen LogP contribution in [-0.4, -0.2) is 65.2 Å². The summed E-state index contributed by atoms with van der Waals surface area (Å²) in [6, 6.07) is 0. The van der Waals surface area contributed by atoms with Crippen LogP contribution in [0.2, 0.25) is 0 Å². The molecule has 0 radical (unpaired) electrons. The van der Waals surface area contributed by atoms with Crippen molar-refractivity contribution < 1.29 is 19.4 Å². The maximum Gasteiger partial charge on any atom is 0.346 e. The molecule has 1 N–H and O–H groups in total. The lowest BCUT2D eigenvalue weighted by atomic mass is 10.6. The van der Waals surface area contributed by atoms with Crippen molar-refractivity contribution in [2.75, 3.05) is 34.8 Å². The van der Waals surface area contributed by atoms with Crippen molar-refractivity contribution in [1.29, 1.82) is 0 Å². The number of hydrogen-bond donors (Lipinski definition) is 1. The molecule has 0 aromatic carbocycles. The molecule has 0 spiro atoms. The van der Waals surface area contributed by atoms with Crippen molar-refractivity contribution in [2.45, 2.75) is 6.92 Å². The maximum atomic E-state index is 11.9. The SMILES string of the molecule is CCOC(=O)/C(=C\N(C)C)SC(=S)S/C(=C/N(C)C)C(=O)O. The molecule has 0 bridgehead atoms. The Kier molecular flexibility index (Phi) is 9.95. The van der Waals surface area contributed by atoms with E-state index in [0.717, 1.165) is 23.5 Å². The lowest BCUT2D eigenvalue weighted by molar-refractivity contribution is -0.137. The number of hydrogen-bond acceptors (Lipinski definition) is 8. The fourth-order valence-corrected chi connectivity index (χ4v) is 3.48. The zero-order valence-corrected chi connectivity index (χ0v) is 15.6. The quantitative estimate of drug-likeness (QED) is 0.416. The third kappa shape index (κ3) is 8.96. The summed E-state index contributed by atoms with van der Waals surface area (Å²) < 4.78 is 5.26. The molecule has 0 saturated carbocycles. The second-order valence-electron chi connectivity index (χ2n) is 4.39. The van der Waals surface area contributed by atoms with E-state index in [1.54, 1.807) is 51.1 Å². The molecule has 0 heterocycles. The standard InChI is InChI=1S/C13H20N2O4S3/c1-6-19-12(18)10(8-15(4)5)22-13(20)21-9(11(16)17)7-14(2)3/h7-8H,6H2,1-5H3,(H,16,17)/b9-7+,10-8+. The first-order chi connectivity index (χ1) is 10.2. The van der Waals surface area contributed by atoms with Crippen LogP contribution in [0.5, 0.6) is 0 Å². The van der Waals surface area contributed by atoms with Gasteiger partial charge >= 0.3 is 11.9 Å². The fourth-order valence-electron chi connectivity index (χ4n) is 1.12. The second-order valence-corrected chi connectivity index (χ2v) is 7.68. The van der Waals surface area contributed by atoms with Crippen molar-refractivity contribution in [1.82, 2.24) is 9.80 Å². The molecular weight excluding hydrogens is 344 g/mol. The van der Waals surface area contributed by atoms with Gasteiger partial charge in [-0.05, 0) is 6.92 Å². The van der Waals surface area contributed by atoms with Gasteiger partial charge in [-0.25, -0.2) is 9.59 Å². The highest BCUT2D eigenvalue weighted by Gasteiger charge is 2.18. The highest BCUT2D eigenvalue weighted by Crippen LogP contribution is 2.31. The Morgan fingerprint density at radius 3 is 1.95 bits per heavy atom. The van der Waals surface area contributed by atoms with E-state index >= 15 is 0 Å².